The number of aromatic nitrogens is 1. The lowest BCUT2D eigenvalue weighted by Gasteiger charge is -2.17. The Labute approximate surface area is 173 Å². The number of nitrogens with zero attached hydrogens (tertiary/aromatic N) is 1. The number of hydrogen-bond acceptors (Lipinski definition) is 2. The average Bonchev–Trinajstić information content (AvgIpc) is 3.01. The molecule has 1 atom stereocenters. The Kier molecular flexibility index (Phi) is 5.92. The van der Waals surface area contributed by atoms with Crippen LogP contribution >= 0.6 is 0 Å². The van der Waals surface area contributed by atoms with Gasteiger partial charge in [-0.05, 0) is 56.7 Å². The number of methoxy groups -OCH3 is 1. The van der Waals surface area contributed by atoms with Crippen LogP contribution in [-0.4, -0.2) is 17.6 Å². The van der Waals surface area contributed by atoms with Crippen LogP contribution in [0.4, 0.5) is 13.2 Å². The monoisotopic (exact) mass is 416 g/mol. The zero-order valence-corrected chi connectivity index (χ0v) is 17.2. The number of ether oxygens (including phenoxy) is 1. The van der Waals surface area contributed by atoms with Crippen LogP contribution in [0.3, 0.4) is 0 Å². The van der Waals surface area contributed by atoms with Gasteiger partial charge in [0.05, 0.1) is 30.0 Å². The van der Waals surface area contributed by atoms with E-state index in [-0.39, 0.29) is 17.6 Å². The highest BCUT2D eigenvalue weighted by atomic mass is 19.4. The van der Waals surface area contributed by atoms with Gasteiger partial charge in [-0.25, -0.2) is 0 Å². The lowest BCUT2D eigenvalue weighted by Crippen LogP contribution is -2.27. The second-order valence-corrected chi connectivity index (χ2v) is 7.11. The number of nitrogens with one attached hydrogen (secondary N) is 1. The number of benzene rings is 2. The van der Waals surface area contributed by atoms with Crippen molar-refractivity contribution in [3.63, 3.8) is 0 Å². The van der Waals surface area contributed by atoms with Crippen LogP contribution in [0, 0.1) is 13.8 Å². The Morgan fingerprint density at radius 2 is 1.77 bits per heavy atom. The smallest absolute Gasteiger partial charge is 0.418 e. The molecule has 0 saturated carbocycles. The zero-order chi connectivity index (χ0) is 22.1. The van der Waals surface area contributed by atoms with E-state index in [1.54, 1.807) is 33.1 Å². The van der Waals surface area contributed by atoms with Gasteiger partial charge in [0, 0.05) is 11.4 Å². The van der Waals surface area contributed by atoms with Gasteiger partial charge in [0.25, 0.3) is 5.91 Å². The summed E-state index contributed by atoms with van der Waals surface area (Å²) in [6.45, 7) is 5.17. The van der Waals surface area contributed by atoms with Crippen molar-refractivity contribution < 1.29 is 22.7 Å². The molecule has 3 aromatic rings. The first-order valence-electron chi connectivity index (χ1n) is 9.44. The molecular weight excluding hydrogens is 393 g/mol. The van der Waals surface area contributed by atoms with Crippen LogP contribution in [0.5, 0.6) is 5.75 Å². The van der Waals surface area contributed by atoms with Crippen LogP contribution in [0.25, 0.3) is 5.69 Å². The highest BCUT2D eigenvalue weighted by Crippen LogP contribution is 2.35. The highest BCUT2D eigenvalue weighted by molar-refractivity contribution is 5.96. The minimum atomic E-state index is -4.50. The molecule has 0 saturated heterocycles. The number of alkyl halides is 3. The molecule has 0 fully saturated rings. The van der Waals surface area contributed by atoms with Gasteiger partial charge in [-0.3, -0.25) is 4.79 Å². The summed E-state index contributed by atoms with van der Waals surface area (Å²) >= 11 is 0. The fourth-order valence-corrected chi connectivity index (χ4v) is 3.54. The summed E-state index contributed by atoms with van der Waals surface area (Å²) in [4.78, 5) is 12.9. The summed E-state index contributed by atoms with van der Waals surface area (Å²) in [6.07, 6.45) is -4.50. The number of amides is 1. The van der Waals surface area contributed by atoms with Gasteiger partial charge in [0.1, 0.15) is 5.75 Å². The van der Waals surface area contributed by atoms with E-state index in [4.69, 9.17) is 4.74 Å². The Bertz CT molecular complexity index is 1070. The third-order valence-electron chi connectivity index (χ3n) is 5.07. The summed E-state index contributed by atoms with van der Waals surface area (Å²) in [7, 11) is 1.57. The Balaban J connectivity index is 1.93. The average molecular weight is 416 g/mol. The third-order valence-corrected chi connectivity index (χ3v) is 5.07. The molecule has 0 aliphatic heterocycles. The minimum Gasteiger partial charge on any atom is -0.497 e. The highest BCUT2D eigenvalue weighted by Gasteiger charge is 2.34. The minimum absolute atomic E-state index is 0.0000980. The molecule has 0 radical (unpaired) electrons. The molecule has 1 aromatic heterocycles. The fraction of sp³-hybridized carbons (Fsp3) is 0.261. The first-order valence-corrected chi connectivity index (χ1v) is 9.44. The predicted molar refractivity (Wildman–Crippen MR) is 109 cm³/mol. The van der Waals surface area contributed by atoms with Crippen molar-refractivity contribution in [1.29, 1.82) is 0 Å². The van der Waals surface area contributed by atoms with E-state index < -0.39 is 11.7 Å². The second-order valence-electron chi connectivity index (χ2n) is 7.11. The van der Waals surface area contributed by atoms with E-state index in [0.717, 1.165) is 11.6 Å². The van der Waals surface area contributed by atoms with E-state index in [1.165, 1.54) is 16.7 Å². The molecule has 0 aliphatic rings. The summed E-state index contributed by atoms with van der Waals surface area (Å²) in [5, 5.41) is 2.91. The molecule has 1 N–H and O–H groups in total. The van der Waals surface area contributed by atoms with Crippen LogP contribution in [0.2, 0.25) is 0 Å². The summed E-state index contributed by atoms with van der Waals surface area (Å²) in [5.74, 6) is 0.324. The lowest BCUT2D eigenvalue weighted by molar-refractivity contribution is -0.137. The van der Waals surface area contributed by atoms with Gasteiger partial charge in [-0.1, -0.05) is 24.3 Å². The van der Waals surface area contributed by atoms with Gasteiger partial charge in [-0.2, -0.15) is 13.2 Å². The topological polar surface area (TPSA) is 43.3 Å². The zero-order valence-electron chi connectivity index (χ0n) is 17.2. The van der Waals surface area contributed by atoms with E-state index in [1.807, 2.05) is 31.2 Å². The Morgan fingerprint density at radius 1 is 1.07 bits per heavy atom. The van der Waals surface area contributed by atoms with E-state index in [0.29, 0.717) is 22.7 Å². The van der Waals surface area contributed by atoms with Crippen LogP contribution in [0.15, 0.2) is 54.6 Å². The molecule has 158 valence electrons. The molecule has 7 heteroatoms. The normalized spacial score (nSPS) is 12.5. The Hall–Kier alpha value is -3.22. The van der Waals surface area contributed by atoms with Gasteiger partial charge in [-0.15, -0.1) is 0 Å². The number of carbonyl (C=O) groups excluding carboxylic acids is 1. The van der Waals surface area contributed by atoms with Crippen LogP contribution in [-0.2, 0) is 6.18 Å². The lowest BCUT2D eigenvalue weighted by atomic mass is 10.1. The summed E-state index contributed by atoms with van der Waals surface area (Å²) in [5.41, 5.74) is 1.43. The molecule has 4 nitrogen and oxygen atoms in total. The van der Waals surface area contributed by atoms with Crippen molar-refractivity contribution in [3.8, 4) is 11.4 Å². The van der Waals surface area contributed by atoms with E-state index in [2.05, 4.69) is 5.32 Å². The number of carbonyl (C=O) groups is 1. The van der Waals surface area contributed by atoms with Crippen molar-refractivity contribution >= 4 is 5.91 Å². The summed E-state index contributed by atoms with van der Waals surface area (Å²) in [6, 6.07) is 14.0. The predicted octanol–water partition coefficient (Wildman–Crippen LogP) is 5.61. The van der Waals surface area contributed by atoms with Crippen molar-refractivity contribution in [2.75, 3.05) is 7.11 Å². The first kappa shape index (κ1) is 21.5. The van der Waals surface area contributed by atoms with Crippen LogP contribution < -0.4 is 10.1 Å². The molecular formula is C23H23F3N2O2. The molecule has 2 aromatic carbocycles. The number of para-hydroxylation sites is 1. The maximum absolute atomic E-state index is 13.5. The molecule has 1 heterocycles. The quantitative estimate of drug-likeness (QED) is 0.587. The molecule has 0 aliphatic carbocycles. The first-order chi connectivity index (χ1) is 14.1. The molecule has 0 bridgehead atoms. The number of rotatable bonds is 5. The standard InChI is InChI=1S/C23H23F3N2O2/c1-14-12-19(22(29)27-15(2)17-8-7-9-18(13-17)30-4)16(3)28(14)21-11-6-5-10-20(21)23(24,25)26/h5-13,15H,1-4H3,(H,27,29)/t15-/m1/s1. The molecule has 0 spiro atoms. The van der Waals surface area contributed by atoms with Crippen molar-refractivity contribution in [1.82, 2.24) is 9.88 Å². The fourth-order valence-electron chi connectivity index (χ4n) is 3.54. The maximum atomic E-state index is 13.5. The number of halogens is 3. The molecule has 30 heavy (non-hydrogen) atoms. The van der Waals surface area contributed by atoms with Crippen molar-refractivity contribution in [3.05, 3.63) is 82.7 Å². The molecule has 1 amide bonds. The van der Waals surface area contributed by atoms with Crippen LogP contribution in [0.1, 0.15) is 45.8 Å². The van der Waals surface area contributed by atoms with Gasteiger partial charge >= 0.3 is 6.18 Å². The summed E-state index contributed by atoms with van der Waals surface area (Å²) < 4.78 is 47.1. The van der Waals surface area contributed by atoms with E-state index >= 15 is 0 Å². The Morgan fingerprint density at radius 3 is 2.43 bits per heavy atom. The van der Waals surface area contributed by atoms with Gasteiger partial charge in [0.2, 0.25) is 0 Å². The van der Waals surface area contributed by atoms with E-state index in [9.17, 15) is 18.0 Å². The number of hydrogen-bond donors (Lipinski definition) is 1. The largest absolute Gasteiger partial charge is 0.497 e. The van der Waals surface area contributed by atoms with Crippen molar-refractivity contribution in [2.24, 2.45) is 0 Å². The second kappa shape index (κ2) is 8.26. The van der Waals surface area contributed by atoms with Gasteiger partial charge < -0.3 is 14.6 Å². The van der Waals surface area contributed by atoms with Gasteiger partial charge in [0.15, 0.2) is 0 Å². The van der Waals surface area contributed by atoms with Crippen molar-refractivity contribution in [2.45, 2.75) is 33.0 Å². The third kappa shape index (κ3) is 4.20. The molecule has 0 unspecified atom stereocenters. The molecule has 3 rings (SSSR count). The SMILES string of the molecule is COc1cccc([C@@H](C)NC(=O)c2cc(C)n(-c3ccccc3C(F)(F)F)c2C)c1. The maximum Gasteiger partial charge on any atom is 0.418 e. The number of aryl methyl sites for hydroxylation is 1.